The predicted molar refractivity (Wildman–Crippen MR) is 330 cm³/mol. The van der Waals surface area contributed by atoms with Crippen molar-refractivity contribution in [2.24, 2.45) is 0 Å². The van der Waals surface area contributed by atoms with E-state index in [1.807, 2.05) is 6.20 Å². The summed E-state index contributed by atoms with van der Waals surface area (Å²) in [7, 11) is 0. The molecular weight excluding hydrogens is 975 g/mol. The second-order valence-electron chi connectivity index (χ2n) is 26.5. The molecule has 1 aliphatic heterocycles. The molecule has 408 valence electrons. The Bertz CT molecular complexity index is 3650. The molecule has 0 saturated carbocycles. The summed E-state index contributed by atoms with van der Waals surface area (Å²) in [6.45, 7) is 37.2. The van der Waals surface area contributed by atoms with Crippen LogP contribution in [-0.4, -0.2) is 16.2 Å². The van der Waals surface area contributed by atoms with Crippen LogP contribution in [0.1, 0.15) is 180 Å². The molecule has 3 heterocycles. The Hall–Kier alpha value is -7.25. The van der Waals surface area contributed by atoms with Gasteiger partial charge in [-0.3, -0.25) is 4.57 Å². The number of nitrogens with zero attached hydrogens (tertiary/aromatic N) is 4. The Kier molecular flexibility index (Phi) is 14.3. The fraction of sp³-hybridized carbons (Fsp3) is 0.347. The first-order valence-corrected chi connectivity index (χ1v) is 28.5. The van der Waals surface area contributed by atoms with E-state index in [1.165, 1.54) is 5.56 Å². The molecule has 9 aromatic rings. The molecule has 79 heavy (non-hydrogen) atoms. The Labute approximate surface area is 469 Å². The maximum Gasteiger partial charge on any atom is 0.137 e. The first kappa shape index (κ1) is 55.1. The lowest BCUT2D eigenvalue weighted by Gasteiger charge is -2.31. The highest BCUT2D eigenvalue weighted by Gasteiger charge is 2.35. The minimum absolute atomic E-state index is 0.0467. The van der Waals surface area contributed by atoms with Crippen molar-refractivity contribution < 1.29 is 13.5 Å². The number of halogens is 2. The summed E-state index contributed by atoms with van der Waals surface area (Å²) in [4.78, 5) is 9.77. The van der Waals surface area contributed by atoms with Crippen molar-refractivity contribution in [2.75, 3.05) is 16.5 Å². The molecule has 0 fully saturated rings. The molecule has 7 heteroatoms. The molecule has 0 unspecified atom stereocenters. The van der Waals surface area contributed by atoms with Gasteiger partial charge in [0, 0.05) is 45.9 Å². The molecule has 0 N–H and O–H groups in total. The van der Waals surface area contributed by atoms with E-state index in [4.69, 9.17) is 9.72 Å². The molecule has 1 aliphatic rings. The second kappa shape index (κ2) is 20.4. The molecular formula is C72H80F2N4O. The highest BCUT2D eigenvalue weighted by Crippen LogP contribution is 2.53. The van der Waals surface area contributed by atoms with Crippen LogP contribution in [0.15, 0.2) is 140 Å². The Morgan fingerprint density at radius 1 is 0.456 bits per heavy atom. The van der Waals surface area contributed by atoms with E-state index in [0.717, 1.165) is 95.3 Å². The van der Waals surface area contributed by atoms with Crippen molar-refractivity contribution in [1.82, 2.24) is 9.55 Å². The van der Waals surface area contributed by atoms with Gasteiger partial charge in [-0.1, -0.05) is 148 Å². The number of anilines is 4. The Morgan fingerprint density at radius 2 is 0.937 bits per heavy atom. The van der Waals surface area contributed by atoms with E-state index < -0.39 is 0 Å². The van der Waals surface area contributed by atoms with Gasteiger partial charge in [0.1, 0.15) is 35.6 Å². The number of aromatic nitrogens is 2. The largest absolute Gasteiger partial charge is 0.457 e. The molecule has 2 aromatic heterocycles. The van der Waals surface area contributed by atoms with Gasteiger partial charge in [-0.05, 0) is 181 Å². The smallest absolute Gasteiger partial charge is 0.137 e. The molecule has 0 atom stereocenters. The third-order valence-corrected chi connectivity index (χ3v) is 16.2. The van der Waals surface area contributed by atoms with E-state index in [0.29, 0.717) is 28.9 Å². The minimum Gasteiger partial charge on any atom is -0.457 e. The van der Waals surface area contributed by atoms with Crippen molar-refractivity contribution in [1.29, 1.82) is 0 Å². The molecule has 0 saturated heterocycles. The molecule has 0 aliphatic carbocycles. The van der Waals surface area contributed by atoms with Crippen molar-refractivity contribution >= 4 is 44.6 Å². The summed E-state index contributed by atoms with van der Waals surface area (Å²) >= 11 is 0. The van der Waals surface area contributed by atoms with Gasteiger partial charge in [0.15, 0.2) is 0 Å². The van der Waals surface area contributed by atoms with Gasteiger partial charge in [-0.15, -0.1) is 0 Å². The molecule has 0 spiro atoms. The number of ether oxygens (including phenoxy) is 1. The van der Waals surface area contributed by atoms with Gasteiger partial charge in [0.2, 0.25) is 0 Å². The van der Waals surface area contributed by atoms with Crippen LogP contribution < -0.4 is 14.5 Å². The van der Waals surface area contributed by atoms with Crippen LogP contribution in [-0.2, 0) is 16.2 Å². The van der Waals surface area contributed by atoms with Gasteiger partial charge < -0.3 is 14.5 Å². The summed E-state index contributed by atoms with van der Waals surface area (Å²) in [5.41, 5.74) is 15.8. The SMILES string of the molecule is CC(C)c1cc(-c2cc(C(C)(C)C)cc(-c3cc(C(C)C)c(F)c(C(C)C)c3)c2N2CN(c3cc(Oc4ccc5c6ccccc6n(-c6cc(C(C)(C)C)ccn6)c5c4)cc(C(C)(C)C)c3)c3ccccc32)cc(C(C)C)c1F. The molecule has 0 bridgehead atoms. The molecule has 0 radical (unpaired) electrons. The van der Waals surface area contributed by atoms with Crippen molar-refractivity contribution in [3.05, 3.63) is 190 Å². The van der Waals surface area contributed by atoms with E-state index in [1.54, 1.807) is 0 Å². The lowest BCUT2D eigenvalue weighted by molar-refractivity contribution is 0.479. The lowest BCUT2D eigenvalue weighted by atomic mass is 9.80. The van der Waals surface area contributed by atoms with Crippen molar-refractivity contribution in [3.8, 4) is 39.6 Å². The van der Waals surface area contributed by atoms with E-state index in [9.17, 15) is 0 Å². The monoisotopic (exact) mass is 1050 g/mol. The standard InChI is InChI=1S/C72H80F2N4O/c1-42(2)56-30-46(31-57(43(3)4)67(56)73)60-36-50(72(15,16)17)37-61(47-32-58(44(5)6)68(74)59(33-47)45(7)8)69(60)77-41-76(63-24-20-21-25-64(63)77)51-34-49(71(12,13)14)35-53(39-51)79-52-26-27-55-54-22-18-19-23-62(54)78(65(55)40-52)66-38-48(28-29-75-66)70(9,10)11/h18-40,42-45H,41H2,1-17H3. The molecule has 10 rings (SSSR count). The number of rotatable bonds is 11. The maximum absolute atomic E-state index is 16.7. The fourth-order valence-electron chi connectivity index (χ4n) is 11.4. The third kappa shape index (κ3) is 10.3. The molecule has 7 aromatic carbocycles. The topological polar surface area (TPSA) is 33.5 Å². The van der Waals surface area contributed by atoms with Crippen molar-refractivity contribution in [2.45, 2.75) is 158 Å². The van der Waals surface area contributed by atoms with Gasteiger partial charge in [-0.25, -0.2) is 13.8 Å². The average molecular weight is 1060 g/mol. The van der Waals surface area contributed by atoms with Gasteiger partial charge >= 0.3 is 0 Å². The maximum atomic E-state index is 16.7. The van der Waals surface area contributed by atoms with Crippen LogP contribution in [0, 0.1) is 11.6 Å². The lowest BCUT2D eigenvalue weighted by Crippen LogP contribution is -2.26. The van der Waals surface area contributed by atoms with Gasteiger partial charge in [-0.2, -0.15) is 0 Å². The summed E-state index contributed by atoms with van der Waals surface area (Å²) < 4.78 is 42.7. The van der Waals surface area contributed by atoms with Crippen molar-refractivity contribution in [3.63, 3.8) is 0 Å². The van der Waals surface area contributed by atoms with Crippen LogP contribution >= 0.6 is 0 Å². The van der Waals surface area contributed by atoms with E-state index in [-0.39, 0.29) is 51.6 Å². The Morgan fingerprint density at radius 3 is 1.46 bits per heavy atom. The third-order valence-electron chi connectivity index (χ3n) is 16.2. The van der Waals surface area contributed by atoms with Crippen LogP contribution in [0.5, 0.6) is 11.5 Å². The minimum atomic E-state index is -0.264. The van der Waals surface area contributed by atoms with Crippen LogP contribution in [0.2, 0.25) is 0 Å². The Balaban J connectivity index is 1.18. The number of hydrogen-bond acceptors (Lipinski definition) is 4. The summed E-state index contributed by atoms with van der Waals surface area (Å²) in [6.07, 6.45) is 1.92. The number of para-hydroxylation sites is 3. The normalized spacial score (nSPS) is 13.4. The average Bonchev–Trinajstić information content (AvgIpc) is 4.01. The molecule has 0 amide bonds. The summed E-state index contributed by atoms with van der Waals surface area (Å²) in [5.74, 6) is 1.86. The highest BCUT2D eigenvalue weighted by molar-refractivity contribution is 6.09. The fourth-order valence-corrected chi connectivity index (χ4v) is 11.4. The van der Waals surface area contributed by atoms with Crippen LogP contribution in [0.4, 0.5) is 31.5 Å². The molecule has 5 nitrogen and oxygen atoms in total. The predicted octanol–water partition coefficient (Wildman–Crippen LogP) is 21.2. The van der Waals surface area contributed by atoms with E-state index in [2.05, 4.69) is 266 Å². The first-order chi connectivity index (χ1) is 37.2. The van der Waals surface area contributed by atoms with E-state index >= 15 is 8.78 Å². The second-order valence-corrected chi connectivity index (χ2v) is 26.5. The zero-order chi connectivity index (χ0) is 56.8. The zero-order valence-electron chi connectivity index (χ0n) is 49.7. The van der Waals surface area contributed by atoms with Crippen LogP contribution in [0.25, 0.3) is 49.9 Å². The summed E-state index contributed by atoms with van der Waals surface area (Å²) in [5, 5.41) is 2.28. The first-order valence-electron chi connectivity index (χ1n) is 28.5. The zero-order valence-corrected chi connectivity index (χ0v) is 49.7. The number of benzene rings is 7. The van der Waals surface area contributed by atoms with Crippen LogP contribution in [0.3, 0.4) is 0 Å². The number of pyridine rings is 1. The highest BCUT2D eigenvalue weighted by atomic mass is 19.1. The summed E-state index contributed by atoms with van der Waals surface area (Å²) in [6, 6.07) is 47.5. The van der Waals surface area contributed by atoms with Gasteiger partial charge in [0.05, 0.1) is 28.1 Å². The quantitative estimate of drug-likeness (QED) is 0.129. The van der Waals surface area contributed by atoms with Gasteiger partial charge in [0.25, 0.3) is 0 Å². The number of hydrogen-bond donors (Lipinski definition) is 0. The number of fused-ring (bicyclic) bond motifs is 4.